The van der Waals surface area contributed by atoms with Gasteiger partial charge in [-0.25, -0.2) is 13.1 Å². The molecule has 0 spiro atoms. The van der Waals surface area contributed by atoms with Crippen LogP contribution in [-0.2, 0) is 10.0 Å². The first-order chi connectivity index (χ1) is 9.70. The Morgan fingerprint density at radius 3 is 2.38 bits per heavy atom. The van der Waals surface area contributed by atoms with E-state index < -0.39 is 10.0 Å². The molecule has 0 bridgehead atoms. The molecule has 1 unspecified atom stereocenters. The average Bonchev–Trinajstić information content (AvgIpc) is 2.67. The van der Waals surface area contributed by atoms with E-state index in [-0.39, 0.29) is 10.9 Å². The lowest BCUT2D eigenvalue weighted by atomic mass is 10.1. The first-order valence-corrected chi connectivity index (χ1v) is 8.84. The monoisotopic (exact) mass is 371 g/mol. The smallest absolute Gasteiger partial charge is 0.242 e. The highest BCUT2D eigenvalue weighted by Crippen LogP contribution is 2.26. The largest absolute Gasteiger partial charge is 0.466 e. The molecule has 4 nitrogen and oxygen atoms in total. The van der Waals surface area contributed by atoms with Crippen LogP contribution >= 0.6 is 15.9 Å². The standard InChI is InChI=1S/C15H18BrNO3S/c1-9-5-6-15(14(16)7-9)21(18,19)17-11(3)13-8-10(2)20-12(13)4/h5-8,11,17H,1-4H3. The van der Waals surface area contributed by atoms with Gasteiger partial charge >= 0.3 is 0 Å². The van der Waals surface area contributed by atoms with Crippen molar-refractivity contribution in [3.63, 3.8) is 0 Å². The normalized spacial score (nSPS) is 13.4. The third-order valence-electron chi connectivity index (χ3n) is 3.25. The van der Waals surface area contributed by atoms with E-state index >= 15 is 0 Å². The van der Waals surface area contributed by atoms with Gasteiger partial charge in [0.2, 0.25) is 10.0 Å². The van der Waals surface area contributed by atoms with Crippen LogP contribution in [0.1, 0.15) is 35.6 Å². The molecule has 1 aromatic carbocycles. The predicted molar refractivity (Wildman–Crippen MR) is 85.8 cm³/mol. The number of sulfonamides is 1. The van der Waals surface area contributed by atoms with E-state index in [4.69, 9.17) is 4.42 Å². The maximum Gasteiger partial charge on any atom is 0.242 e. The van der Waals surface area contributed by atoms with Gasteiger partial charge in [-0.05, 0) is 67.4 Å². The van der Waals surface area contributed by atoms with Crippen LogP contribution in [-0.4, -0.2) is 8.42 Å². The van der Waals surface area contributed by atoms with Crippen molar-refractivity contribution in [1.29, 1.82) is 0 Å². The summed E-state index contributed by atoms with van der Waals surface area (Å²) < 4.78 is 33.7. The molecule has 114 valence electrons. The predicted octanol–water partition coefficient (Wildman–Crippen LogP) is 4.01. The van der Waals surface area contributed by atoms with Gasteiger partial charge in [-0.3, -0.25) is 0 Å². The summed E-state index contributed by atoms with van der Waals surface area (Å²) in [5.74, 6) is 1.50. The Morgan fingerprint density at radius 1 is 1.19 bits per heavy atom. The summed E-state index contributed by atoms with van der Waals surface area (Å²) >= 11 is 3.31. The van der Waals surface area contributed by atoms with Gasteiger partial charge < -0.3 is 4.42 Å². The van der Waals surface area contributed by atoms with Gasteiger partial charge in [0.1, 0.15) is 11.5 Å². The minimum atomic E-state index is -3.60. The zero-order valence-corrected chi connectivity index (χ0v) is 14.8. The van der Waals surface area contributed by atoms with E-state index in [9.17, 15) is 8.42 Å². The molecule has 6 heteroatoms. The van der Waals surface area contributed by atoms with Crippen molar-refractivity contribution in [2.45, 2.75) is 38.6 Å². The number of furan rings is 1. The van der Waals surface area contributed by atoms with Crippen molar-refractivity contribution >= 4 is 26.0 Å². The summed E-state index contributed by atoms with van der Waals surface area (Å²) in [6.45, 7) is 7.38. The minimum absolute atomic E-state index is 0.234. The fourth-order valence-electron chi connectivity index (χ4n) is 2.26. The zero-order chi connectivity index (χ0) is 15.8. The number of hydrogen-bond acceptors (Lipinski definition) is 3. The van der Waals surface area contributed by atoms with Gasteiger partial charge in [-0.1, -0.05) is 6.07 Å². The molecule has 2 rings (SSSR count). The Morgan fingerprint density at radius 2 is 1.86 bits per heavy atom. The molecule has 21 heavy (non-hydrogen) atoms. The lowest BCUT2D eigenvalue weighted by Crippen LogP contribution is -2.27. The molecule has 1 N–H and O–H groups in total. The molecule has 0 fully saturated rings. The quantitative estimate of drug-likeness (QED) is 0.882. The van der Waals surface area contributed by atoms with Gasteiger partial charge in [0.15, 0.2) is 0 Å². The van der Waals surface area contributed by atoms with Crippen molar-refractivity contribution in [3.8, 4) is 0 Å². The van der Waals surface area contributed by atoms with Crippen LogP contribution in [0.4, 0.5) is 0 Å². The summed E-state index contributed by atoms with van der Waals surface area (Å²) in [7, 11) is -3.60. The molecular formula is C15H18BrNO3S. The highest BCUT2D eigenvalue weighted by molar-refractivity contribution is 9.10. The first kappa shape index (κ1) is 16.3. The molecule has 0 aliphatic heterocycles. The van der Waals surface area contributed by atoms with E-state index in [0.717, 1.165) is 22.6 Å². The summed E-state index contributed by atoms with van der Waals surface area (Å²) in [4.78, 5) is 0.234. The Hall–Kier alpha value is -1.11. The third-order valence-corrected chi connectivity index (χ3v) is 5.77. The Labute approximate surface area is 133 Å². The van der Waals surface area contributed by atoms with Crippen molar-refractivity contribution < 1.29 is 12.8 Å². The highest BCUT2D eigenvalue weighted by Gasteiger charge is 2.23. The topological polar surface area (TPSA) is 59.3 Å². The number of benzene rings is 1. The van der Waals surface area contributed by atoms with Crippen LogP contribution < -0.4 is 4.72 Å². The Balaban J connectivity index is 2.31. The molecule has 0 saturated carbocycles. The second-order valence-electron chi connectivity index (χ2n) is 5.15. The summed E-state index contributed by atoms with van der Waals surface area (Å²) in [6, 6.07) is 6.65. The van der Waals surface area contributed by atoms with Gasteiger partial charge in [-0.15, -0.1) is 0 Å². The molecule has 0 radical (unpaired) electrons. The van der Waals surface area contributed by atoms with Crippen molar-refractivity contribution in [2.24, 2.45) is 0 Å². The molecule has 1 atom stereocenters. The minimum Gasteiger partial charge on any atom is -0.466 e. The molecule has 0 aliphatic carbocycles. The molecule has 1 aromatic heterocycles. The van der Waals surface area contributed by atoms with E-state index in [1.807, 2.05) is 26.8 Å². The summed E-state index contributed by atoms with van der Waals surface area (Å²) in [6.07, 6.45) is 0. The number of hydrogen-bond donors (Lipinski definition) is 1. The molecule has 0 amide bonds. The molecule has 0 aliphatic rings. The van der Waals surface area contributed by atoms with Crippen molar-refractivity contribution in [3.05, 3.63) is 51.4 Å². The maximum absolute atomic E-state index is 12.5. The van der Waals surface area contributed by atoms with E-state index in [2.05, 4.69) is 20.7 Å². The third kappa shape index (κ3) is 3.56. The van der Waals surface area contributed by atoms with Gasteiger partial charge in [-0.2, -0.15) is 0 Å². The van der Waals surface area contributed by atoms with Gasteiger partial charge in [0.05, 0.1) is 4.90 Å². The Bertz CT molecular complexity index is 765. The lowest BCUT2D eigenvalue weighted by molar-refractivity contribution is 0.496. The summed E-state index contributed by atoms with van der Waals surface area (Å²) in [5.41, 5.74) is 1.84. The van der Waals surface area contributed by atoms with Crippen LogP contribution in [0.2, 0.25) is 0 Å². The molecular weight excluding hydrogens is 354 g/mol. The van der Waals surface area contributed by atoms with E-state index in [1.165, 1.54) is 0 Å². The SMILES string of the molecule is Cc1ccc(S(=O)(=O)NC(C)c2cc(C)oc2C)c(Br)c1. The van der Waals surface area contributed by atoms with Crippen molar-refractivity contribution in [2.75, 3.05) is 0 Å². The number of nitrogens with one attached hydrogen (secondary N) is 1. The Kier molecular flexibility index (Phi) is 4.60. The van der Waals surface area contributed by atoms with E-state index in [1.54, 1.807) is 25.1 Å². The van der Waals surface area contributed by atoms with Crippen LogP contribution in [0.5, 0.6) is 0 Å². The number of rotatable bonds is 4. The lowest BCUT2D eigenvalue weighted by Gasteiger charge is -2.15. The second kappa shape index (κ2) is 5.94. The maximum atomic E-state index is 12.5. The molecule has 1 heterocycles. The van der Waals surface area contributed by atoms with Gasteiger partial charge in [0, 0.05) is 16.1 Å². The fourth-order valence-corrected chi connectivity index (χ4v) is 4.68. The fraction of sp³-hybridized carbons (Fsp3) is 0.333. The van der Waals surface area contributed by atoms with Crippen molar-refractivity contribution in [1.82, 2.24) is 4.72 Å². The molecule has 2 aromatic rings. The molecule has 0 saturated heterocycles. The van der Waals surface area contributed by atoms with Gasteiger partial charge in [0.25, 0.3) is 0 Å². The van der Waals surface area contributed by atoms with Crippen LogP contribution in [0.15, 0.2) is 38.1 Å². The second-order valence-corrected chi connectivity index (χ2v) is 7.68. The van der Waals surface area contributed by atoms with E-state index in [0.29, 0.717) is 4.47 Å². The summed E-state index contributed by atoms with van der Waals surface area (Å²) in [5, 5.41) is 0. The number of halogens is 1. The van der Waals surface area contributed by atoms with Crippen LogP contribution in [0.3, 0.4) is 0 Å². The zero-order valence-electron chi connectivity index (χ0n) is 12.4. The highest BCUT2D eigenvalue weighted by atomic mass is 79.9. The van der Waals surface area contributed by atoms with Crippen LogP contribution in [0.25, 0.3) is 0 Å². The first-order valence-electron chi connectivity index (χ1n) is 6.56. The van der Waals surface area contributed by atoms with Crippen LogP contribution in [0, 0.1) is 20.8 Å². The number of aryl methyl sites for hydroxylation is 3. The average molecular weight is 372 g/mol.